The van der Waals surface area contributed by atoms with E-state index < -0.39 is 11.8 Å². The third-order valence-corrected chi connectivity index (χ3v) is 3.26. The van der Waals surface area contributed by atoms with Crippen molar-refractivity contribution in [3.05, 3.63) is 46.9 Å². The molecule has 6 heteroatoms. The number of rotatable bonds is 4. The summed E-state index contributed by atoms with van der Waals surface area (Å²) in [4.78, 5) is 26.8. The average molecular weight is 303 g/mol. The van der Waals surface area contributed by atoms with Gasteiger partial charge >= 0.3 is 5.97 Å². The predicted octanol–water partition coefficient (Wildman–Crippen LogP) is 2.80. The topological polar surface area (TPSA) is 65.5 Å². The number of esters is 1. The lowest BCUT2D eigenvalue weighted by atomic mass is 9.95. The van der Waals surface area contributed by atoms with Gasteiger partial charge in [0.15, 0.2) is 6.29 Å². The Morgan fingerprint density at radius 3 is 2.55 bits per heavy atom. The first-order valence-corrected chi connectivity index (χ1v) is 6.39. The number of benzene rings is 1. The maximum Gasteiger partial charge on any atom is 0.338 e. The molecule has 1 aromatic heterocycles. The van der Waals surface area contributed by atoms with Crippen molar-refractivity contribution in [1.29, 1.82) is 0 Å². The quantitative estimate of drug-likeness (QED) is 0.642. The largest absolute Gasteiger partial charge is 0.481 e. The Kier molecular flexibility index (Phi) is 4.50. The van der Waals surface area contributed by atoms with Crippen LogP contribution in [0.2, 0.25) is 0 Å². The lowest BCUT2D eigenvalue weighted by Gasteiger charge is -2.12. The number of pyridine rings is 1. The Bertz CT molecular complexity index is 743. The summed E-state index contributed by atoms with van der Waals surface area (Å²) in [7, 11) is 2.67. The molecule has 1 heterocycles. The Balaban J connectivity index is 2.68. The molecule has 0 spiro atoms. The summed E-state index contributed by atoms with van der Waals surface area (Å²) in [6, 6.07) is 4.35. The minimum atomic E-state index is -0.589. The Hall–Kier alpha value is -2.76. The molecule has 0 amide bonds. The molecule has 5 nitrogen and oxygen atoms in total. The van der Waals surface area contributed by atoms with Crippen molar-refractivity contribution in [3.63, 3.8) is 0 Å². The van der Waals surface area contributed by atoms with Crippen LogP contribution in [0, 0.1) is 12.7 Å². The van der Waals surface area contributed by atoms with E-state index in [0.717, 1.165) is 6.20 Å². The van der Waals surface area contributed by atoms with E-state index in [1.807, 2.05) is 0 Å². The fourth-order valence-corrected chi connectivity index (χ4v) is 2.12. The van der Waals surface area contributed by atoms with E-state index in [0.29, 0.717) is 17.4 Å². The number of aldehydes is 1. The highest BCUT2D eigenvalue weighted by Crippen LogP contribution is 2.30. The zero-order chi connectivity index (χ0) is 16.3. The molecular formula is C16H14FNO4. The Labute approximate surface area is 126 Å². The fraction of sp³-hybridized carbons (Fsp3) is 0.188. The minimum Gasteiger partial charge on any atom is -0.481 e. The SMILES string of the molecule is COC(=O)c1cc(C=O)c(-c2cc(OC)ncc2F)cc1C. The lowest BCUT2D eigenvalue weighted by molar-refractivity contribution is 0.0600. The molecule has 0 fully saturated rings. The number of ether oxygens (including phenoxy) is 2. The summed E-state index contributed by atoms with van der Waals surface area (Å²) in [6.45, 7) is 1.68. The monoisotopic (exact) mass is 303 g/mol. The van der Waals surface area contributed by atoms with Crippen LogP contribution in [0.3, 0.4) is 0 Å². The molecule has 22 heavy (non-hydrogen) atoms. The van der Waals surface area contributed by atoms with Gasteiger partial charge in [-0.15, -0.1) is 0 Å². The first-order chi connectivity index (χ1) is 10.5. The third-order valence-electron chi connectivity index (χ3n) is 3.26. The van der Waals surface area contributed by atoms with Crippen LogP contribution in [0.5, 0.6) is 5.88 Å². The Morgan fingerprint density at radius 1 is 1.23 bits per heavy atom. The molecule has 0 N–H and O–H groups in total. The Morgan fingerprint density at radius 2 is 1.95 bits per heavy atom. The number of aromatic nitrogens is 1. The van der Waals surface area contributed by atoms with E-state index in [-0.39, 0.29) is 22.6 Å². The summed E-state index contributed by atoms with van der Waals surface area (Å²) < 4.78 is 23.7. The molecule has 0 atom stereocenters. The number of hydrogen-bond donors (Lipinski definition) is 0. The van der Waals surface area contributed by atoms with E-state index in [1.165, 1.54) is 26.4 Å². The van der Waals surface area contributed by atoms with Gasteiger partial charge in [-0.25, -0.2) is 14.2 Å². The average Bonchev–Trinajstić information content (AvgIpc) is 2.54. The van der Waals surface area contributed by atoms with E-state index in [2.05, 4.69) is 9.72 Å². The summed E-state index contributed by atoms with van der Waals surface area (Å²) >= 11 is 0. The van der Waals surface area contributed by atoms with Gasteiger partial charge in [-0.1, -0.05) is 0 Å². The van der Waals surface area contributed by atoms with Crippen molar-refractivity contribution in [3.8, 4) is 17.0 Å². The molecule has 0 aliphatic carbocycles. The molecule has 0 radical (unpaired) electrons. The maximum atomic E-state index is 14.0. The second-order valence-corrected chi connectivity index (χ2v) is 4.57. The number of hydrogen-bond acceptors (Lipinski definition) is 5. The summed E-state index contributed by atoms with van der Waals surface area (Å²) in [5.74, 6) is -0.919. The highest BCUT2D eigenvalue weighted by atomic mass is 19.1. The van der Waals surface area contributed by atoms with Gasteiger partial charge in [-0.2, -0.15) is 0 Å². The fourth-order valence-electron chi connectivity index (χ4n) is 2.12. The lowest BCUT2D eigenvalue weighted by Crippen LogP contribution is -2.06. The highest BCUT2D eigenvalue weighted by Gasteiger charge is 2.17. The van der Waals surface area contributed by atoms with Crippen LogP contribution < -0.4 is 4.74 Å². The summed E-state index contributed by atoms with van der Waals surface area (Å²) in [5.41, 5.74) is 1.54. The molecule has 2 aromatic rings. The number of halogens is 1. The summed E-state index contributed by atoms with van der Waals surface area (Å²) in [6.07, 6.45) is 1.58. The molecule has 0 unspecified atom stereocenters. The van der Waals surface area contributed by atoms with Crippen LogP contribution in [0.25, 0.3) is 11.1 Å². The number of methoxy groups -OCH3 is 2. The van der Waals surface area contributed by atoms with Gasteiger partial charge < -0.3 is 9.47 Å². The van der Waals surface area contributed by atoms with Gasteiger partial charge in [0.1, 0.15) is 5.82 Å². The summed E-state index contributed by atoms with van der Waals surface area (Å²) in [5, 5.41) is 0. The van der Waals surface area contributed by atoms with E-state index in [9.17, 15) is 14.0 Å². The van der Waals surface area contributed by atoms with Crippen molar-refractivity contribution >= 4 is 12.3 Å². The molecule has 2 rings (SSSR count). The van der Waals surface area contributed by atoms with Gasteiger partial charge in [0.2, 0.25) is 5.88 Å². The number of nitrogens with zero attached hydrogens (tertiary/aromatic N) is 1. The molecule has 0 saturated carbocycles. The zero-order valence-electron chi connectivity index (χ0n) is 12.3. The maximum absolute atomic E-state index is 14.0. The minimum absolute atomic E-state index is 0.175. The smallest absolute Gasteiger partial charge is 0.338 e. The van der Waals surface area contributed by atoms with Crippen LogP contribution in [0.15, 0.2) is 24.4 Å². The van der Waals surface area contributed by atoms with Crippen LogP contribution in [0.1, 0.15) is 26.3 Å². The molecule has 0 saturated heterocycles. The van der Waals surface area contributed by atoms with Crippen molar-refractivity contribution in [2.45, 2.75) is 6.92 Å². The van der Waals surface area contributed by atoms with E-state index in [4.69, 9.17) is 4.74 Å². The van der Waals surface area contributed by atoms with Gasteiger partial charge in [-0.05, 0) is 30.2 Å². The number of carbonyl (C=O) groups is 2. The van der Waals surface area contributed by atoms with Gasteiger partial charge in [0.25, 0.3) is 0 Å². The molecular weight excluding hydrogens is 289 g/mol. The second-order valence-electron chi connectivity index (χ2n) is 4.57. The van der Waals surface area contributed by atoms with Gasteiger partial charge in [0.05, 0.1) is 26.0 Å². The van der Waals surface area contributed by atoms with Crippen LogP contribution in [0.4, 0.5) is 4.39 Å². The first-order valence-electron chi connectivity index (χ1n) is 6.39. The van der Waals surface area contributed by atoms with Crippen molar-refractivity contribution in [1.82, 2.24) is 4.98 Å². The molecule has 0 aliphatic rings. The molecule has 0 aliphatic heterocycles. The van der Waals surface area contributed by atoms with Crippen LogP contribution in [-0.4, -0.2) is 31.5 Å². The molecule has 114 valence electrons. The molecule has 1 aromatic carbocycles. The van der Waals surface area contributed by atoms with Crippen molar-refractivity contribution in [2.24, 2.45) is 0 Å². The van der Waals surface area contributed by atoms with Gasteiger partial charge in [0, 0.05) is 17.2 Å². The van der Waals surface area contributed by atoms with Crippen LogP contribution >= 0.6 is 0 Å². The van der Waals surface area contributed by atoms with Crippen LogP contribution in [-0.2, 0) is 4.74 Å². The second kappa shape index (κ2) is 6.34. The predicted molar refractivity (Wildman–Crippen MR) is 77.6 cm³/mol. The highest BCUT2D eigenvalue weighted by molar-refractivity contribution is 5.97. The van der Waals surface area contributed by atoms with Crippen molar-refractivity contribution in [2.75, 3.05) is 14.2 Å². The normalized spacial score (nSPS) is 10.2. The molecule has 0 bridgehead atoms. The van der Waals surface area contributed by atoms with Crippen molar-refractivity contribution < 1.29 is 23.5 Å². The van der Waals surface area contributed by atoms with E-state index in [1.54, 1.807) is 13.0 Å². The standard InChI is InChI=1S/C16H14FNO4/c1-9-4-12(10(8-19)5-11(9)16(20)22-3)13-6-15(21-2)18-7-14(13)17/h4-8H,1-3H3. The first kappa shape index (κ1) is 15.6. The van der Waals surface area contributed by atoms with E-state index >= 15 is 0 Å². The zero-order valence-corrected chi connectivity index (χ0v) is 12.3. The number of carbonyl (C=O) groups excluding carboxylic acids is 2. The van der Waals surface area contributed by atoms with Gasteiger partial charge in [-0.3, -0.25) is 4.79 Å². The number of aryl methyl sites for hydroxylation is 1. The third kappa shape index (κ3) is 2.81.